The Bertz CT molecular complexity index is 384. The number of hydrogen-bond donors (Lipinski definition) is 6. The minimum absolute atomic E-state index is 0.225. The van der Waals surface area contributed by atoms with E-state index in [4.69, 9.17) is 22.9 Å². The van der Waals surface area contributed by atoms with Gasteiger partial charge in [-0.1, -0.05) is 0 Å². The Morgan fingerprint density at radius 1 is 0.952 bits per heavy atom. The molecule has 10 N–H and O–H groups in total. The summed E-state index contributed by atoms with van der Waals surface area (Å²) in [6.45, 7) is 4.02. The van der Waals surface area contributed by atoms with Gasteiger partial charge in [0, 0.05) is 13.1 Å². The quantitative estimate of drug-likeness (QED) is 0.122. The third-order valence-electron chi connectivity index (χ3n) is 2.07. The molecule has 0 amide bonds. The molecule has 0 rings (SSSR count). The molecule has 0 aromatic rings. The molecule has 10 nitrogen and oxygen atoms in total. The summed E-state index contributed by atoms with van der Waals surface area (Å²) in [4.78, 5) is 8.03. The van der Waals surface area contributed by atoms with Crippen LogP contribution in [0.1, 0.15) is 19.8 Å². The van der Waals surface area contributed by atoms with Gasteiger partial charge in [-0.3, -0.25) is 9.98 Å². The van der Waals surface area contributed by atoms with Crippen LogP contribution in [0.4, 0.5) is 0 Å². The van der Waals surface area contributed by atoms with Crippen LogP contribution in [0, 0.1) is 0 Å². The first-order valence-electron chi connectivity index (χ1n) is 6.69. The van der Waals surface area contributed by atoms with Gasteiger partial charge in [0.2, 0.25) is 11.9 Å². The van der Waals surface area contributed by atoms with E-state index in [2.05, 4.69) is 31.0 Å². The van der Waals surface area contributed by atoms with Crippen LogP contribution in [0.2, 0.25) is 0 Å². The number of nitrogens with two attached hydrogens (primary N) is 4. The van der Waals surface area contributed by atoms with E-state index in [9.17, 15) is 0 Å². The van der Waals surface area contributed by atoms with Gasteiger partial charge in [0.05, 0.1) is 11.9 Å². The van der Waals surface area contributed by atoms with Gasteiger partial charge in [-0.05, 0) is 32.9 Å². The highest BCUT2D eigenvalue weighted by atomic mass is 15.4. The van der Waals surface area contributed by atoms with Crippen molar-refractivity contribution in [3.63, 3.8) is 0 Å². The SMILES string of the molecule is CC(C=NNC(N)=NCCCN)=NNC(N)=NCCCN. The van der Waals surface area contributed by atoms with Gasteiger partial charge in [-0.15, -0.1) is 0 Å². The molecule has 10 heteroatoms. The van der Waals surface area contributed by atoms with E-state index in [0.29, 0.717) is 31.9 Å². The Hall–Kier alpha value is -2.20. The smallest absolute Gasteiger partial charge is 0.209 e. The second-order valence-corrected chi connectivity index (χ2v) is 4.05. The third kappa shape index (κ3) is 12.6. The lowest BCUT2D eigenvalue weighted by atomic mass is 10.4. The first-order chi connectivity index (χ1) is 10.1. The molecule has 0 atom stereocenters. The molecule has 0 unspecified atom stereocenters. The second kappa shape index (κ2) is 12.8. The van der Waals surface area contributed by atoms with Crippen molar-refractivity contribution in [3.8, 4) is 0 Å². The molecule has 0 aliphatic heterocycles. The van der Waals surface area contributed by atoms with E-state index < -0.39 is 0 Å². The monoisotopic (exact) mass is 298 g/mol. The number of hydrogen-bond acceptors (Lipinski definition) is 6. The molecule has 0 aliphatic carbocycles. The van der Waals surface area contributed by atoms with E-state index in [1.54, 1.807) is 6.92 Å². The average Bonchev–Trinajstić information content (AvgIpc) is 2.46. The number of nitrogens with zero attached hydrogens (tertiary/aromatic N) is 4. The molecule has 0 fully saturated rings. The molecule has 0 aliphatic rings. The zero-order valence-corrected chi connectivity index (χ0v) is 12.4. The van der Waals surface area contributed by atoms with Crippen molar-refractivity contribution < 1.29 is 0 Å². The second-order valence-electron chi connectivity index (χ2n) is 4.05. The fraction of sp³-hybridized carbons (Fsp3) is 0.636. The van der Waals surface area contributed by atoms with Crippen molar-refractivity contribution in [2.24, 2.45) is 43.1 Å². The molecule has 0 aromatic heterocycles. The first-order valence-corrected chi connectivity index (χ1v) is 6.69. The number of aliphatic imine (C=N–C) groups is 2. The number of rotatable bonds is 9. The molecule has 0 bridgehead atoms. The van der Waals surface area contributed by atoms with Crippen LogP contribution >= 0.6 is 0 Å². The Labute approximate surface area is 124 Å². The largest absolute Gasteiger partial charge is 0.369 e. The summed E-state index contributed by atoms with van der Waals surface area (Å²) < 4.78 is 0. The van der Waals surface area contributed by atoms with Crippen LogP contribution in [-0.4, -0.2) is 50.0 Å². The van der Waals surface area contributed by atoms with E-state index in [-0.39, 0.29) is 11.9 Å². The lowest BCUT2D eigenvalue weighted by Crippen LogP contribution is -2.29. The van der Waals surface area contributed by atoms with E-state index in [0.717, 1.165) is 12.8 Å². The number of nitrogens with one attached hydrogen (secondary N) is 2. The van der Waals surface area contributed by atoms with Crippen LogP contribution in [0.25, 0.3) is 0 Å². The van der Waals surface area contributed by atoms with Crippen molar-refractivity contribution in [2.45, 2.75) is 19.8 Å². The molecule has 0 aromatic carbocycles. The molecule has 120 valence electrons. The number of hydrazone groups is 2. The minimum atomic E-state index is 0.225. The van der Waals surface area contributed by atoms with Gasteiger partial charge in [0.25, 0.3) is 0 Å². The molecule has 0 heterocycles. The standard InChI is InChI=1S/C11H26N10/c1-9(19-21-11(15)17-7-3-5-13)8-18-20-10(14)16-6-2-4-12/h8H,2-7,12-13H2,1H3,(H3,14,16,20)(H3,15,17,21). The fourth-order valence-corrected chi connectivity index (χ4v) is 1.02. The summed E-state index contributed by atoms with van der Waals surface area (Å²) >= 11 is 0. The molecule has 21 heavy (non-hydrogen) atoms. The van der Waals surface area contributed by atoms with Crippen molar-refractivity contribution in [1.29, 1.82) is 0 Å². The fourth-order valence-electron chi connectivity index (χ4n) is 1.02. The minimum Gasteiger partial charge on any atom is -0.369 e. The van der Waals surface area contributed by atoms with Crippen LogP contribution in [0.15, 0.2) is 20.2 Å². The topological polar surface area (TPSA) is 178 Å². The zero-order chi connectivity index (χ0) is 15.9. The van der Waals surface area contributed by atoms with Gasteiger partial charge in [0.15, 0.2) is 0 Å². The molecular formula is C11H26N10. The van der Waals surface area contributed by atoms with Gasteiger partial charge in [-0.25, -0.2) is 10.9 Å². The van der Waals surface area contributed by atoms with Crippen LogP contribution in [0.3, 0.4) is 0 Å². The van der Waals surface area contributed by atoms with Crippen molar-refractivity contribution in [1.82, 2.24) is 10.9 Å². The van der Waals surface area contributed by atoms with Gasteiger partial charge < -0.3 is 22.9 Å². The van der Waals surface area contributed by atoms with Crippen molar-refractivity contribution >= 4 is 23.8 Å². The maximum Gasteiger partial charge on any atom is 0.209 e. The number of guanidine groups is 2. The molecular weight excluding hydrogens is 272 g/mol. The molecule has 0 saturated heterocycles. The highest BCUT2D eigenvalue weighted by molar-refractivity contribution is 6.29. The Morgan fingerprint density at radius 2 is 1.48 bits per heavy atom. The Balaban J connectivity index is 4.08. The summed E-state index contributed by atoms with van der Waals surface area (Å²) in [5.41, 5.74) is 27.6. The predicted octanol–water partition coefficient (Wildman–Crippen LogP) is -2.15. The molecule has 0 saturated carbocycles. The van der Waals surface area contributed by atoms with Gasteiger partial charge in [-0.2, -0.15) is 10.2 Å². The summed E-state index contributed by atoms with van der Waals surface area (Å²) in [6, 6.07) is 0. The Morgan fingerprint density at radius 3 is 2.00 bits per heavy atom. The molecule has 0 radical (unpaired) electrons. The van der Waals surface area contributed by atoms with E-state index in [1.807, 2.05) is 0 Å². The van der Waals surface area contributed by atoms with Gasteiger partial charge >= 0.3 is 0 Å². The highest BCUT2D eigenvalue weighted by Gasteiger charge is 1.91. The van der Waals surface area contributed by atoms with Crippen LogP contribution < -0.4 is 33.8 Å². The van der Waals surface area contributed by atoms with E-state index >= 15 is 0 Å². The third-order valence-corrected chi connectivity index (χ3v) is 2.07. The summed E-state index contributed by atoms with van der Waals surface area (Å²) in [7, 11) is 0. The normalized spacial score (nSPS) is 13.8. The Kier molecular flexibility index (Phi) is 11.5. The van der Waals surface area contributed by atoms with Crippen LogP contribution in [-0.2, 0) is 0 Å². The van der Waals surface area contributed by atoms with Crippen LogP contribution in [0.5, 0.6) is 0 Å². The first kappa shape index (κ1) is 18.8. The zero-order valence-electron chi connectivity index (χ0n) is 12.4. The van der Waals surface area contributed by atoms with E-state index in [1.165, 1.54) is 6.21 Å². The molecule has 0 spiro atoms. The summed E-state index contributed by atoms with van der Waals surface area (Å²) in [5.74, 6) is 0.454. The van der Waals surface area contributed by atoms with Gasteiger partial charge in [0.1, 0.15) is 0 Å². The van der Waals surface area contributed by atoms with Crippen molar-refractivity contribution in [3.05, 3.63) is 0 Å². The highest BCUT2D eigenvalue weighted by Crippen LogP contribution is 1.78. The summed E-state index contributed by atoms with van der Waals surface area (Å²) in [5, 5.41) is 7.84. The maximum atomic E-state index is 5.59. The average molecular weight is 298 g/mol. The summed E-state index contributed by atoms with van der Waals surface area (Å²) in [6.07, 6.45) is 3.03. The lowest BCUT2D eigenvalue weighted by molar-refractivity contribution is 0.832. The predicted molar refractivity (Wildman–Crippen MR) is 88.2 cm³/mol. The van der Waals surface area contributed by atoms with Crippen molar-refractivity contribution in [2.75, 3.05) is 26.2 Å². The maximum absolute atomic E-state index is 5.59. The lowest BCUT2D eigenvalue weighted by Gasteiger charge is -2.00.